The van der Waals surface area contributed by atoms with Crippen LogP contribution in [0.15, 0.2) is 108 Å². The number of halogens is 1. The molecule has 5 rings (SSSR count). The van der Waals surface area contributed by atoms with Crippen molar-refractivity contribution in [1.29, 1.82) is 0 Å². The van der Waals surface area contributed by atoms with Crippen molar-refractivity contribution in [3.8, 4) is 11.5 Å². The number of hydrogen-bond donors (Lipinski definition) is 1. The van der Waals surface area contributed by atoms with E-state index in [0.717, 1.165) is 16.0 Å². The molecule has 0 bridgehead atoms. The summed E-state index contributed by atoms with van der Waals surface area (Å²) in [4.78, 5) is 39.3. The molecule has 0 spiro atoms. The zero-order valence-electron chi connectivity index (χ0n) is 22.1. The van der Waals surface area contributed by atoms with Crippen molar-refractivity contribution < 1.29 is 31.7 Å². The second-order valence-electron chi connectivity index (χ2n) is 9.27. The average Bonchev–Trinajstić information content (AvgIpc) is 2.97. The van der Waals surface area contributed by atoms with Gasteiger partial charge in [0.1, 0.15) is 22.8 Å². The molecule has 1 aliphatic rings. The molecule has 1 N–H and O–H groups in total. The number of rotatable bonds is 8. The van der Waals surface area contributed by atoms with Crippen molar-refractivity contribution >= 4 is 51.3 Å². The normalized spacial score (nSPS) is 14.6. The maximum Gasteiger partial charge on any atom is 0.339 e. The topological polar surface area (TPSA) is 119 Å². The number of ether oxygens (including phenoxy) is 1. The van der Waals surface area contributed by atoms with Crippen molar-refractivity contribution in [3.05, 3.63) is 124 Å². The lowest BCUT2D eigenvalue weighted by molar-refractivity contribution is -0.122. The summed E-state index contributed by atoms with van der Waals surface area (Å²) >= 11 is 6.29. The second-order valence-corrected chi connectivity index (χ2v) is 11.2. The highest BCUT2D eigenvalue weighted by molar-refractivity contribution is 7.87. The van der Waals surface area contributed by atoms with Crippen molar-refractivity contribution in [2.24, 2.45) is 0 Å². The number of carbonyl (C=O) groups is 3. The number of hydrogen-bond acceptors (Lipinski definition) is 7. The zero-order chi connectivity index (χ0) is 29.9. The number of carbonyl (C=O) groups excluding carboxylic acids is 3. The molecule has 1 aliphatic heterocycles. The summed E-state index contributed by atoms with van der Waals surface area (Å²) in [6.07, 6.45) is 1.25. The molecule has 0 aliphatic carbocycles. The van der Waals surface area contributed by atoms with E-state index in [1.165, 1.54) is 48.5 Å². The van der Waals surface area contributed by atoms with E-state index >= 15 is 0 Å². The van der Waals surface area contributed by atoms with E-state index in [4.69, 9.17) is 20.5 Å². The molecule has 1 heterocycles. The number of urea groups is 1. The molecule has 11 heteroatoms. The number of imide groups is 2. The Labute approximate surface area is 247 Å². The summed E-state index contributed by atoms with van der Waals surface area (Å²) < 4.78 is 36.2. The molecule has 42 heavy (non-hydrogen) atoms. The molecular weight excluding hydrogens is 580 g/mol. The van der Waals surface area contributed by atoms with E-state index in [1.807, 2.05) is 37.3 Å². The van der Waals surface area contributed by atoms with Crippen molar-refractivity contribution in [3.63, 3.8) is 0 Å². The molecule has 212 valence electrons. The van der Waals surface area contributed by atoms with Gasteiger partial charge in [0.05, 0.1) is 10.7 Å². The van der Waals surface area contributed by atoms with Gasteiger partial charge in [0, 0.05) is 0 Å². The van der Waals surface area contributed by atoms with Crippen LogP contribution in [0.3, 0.4) is 0 Å². The third-order valence-electron chi connectivity index (χ3n) is 6.22. The number of amides is 4. The predicted molar refractivity (Wildman–Crippen MR) is 157 cm³/mol. The Morgan fingerprint density at radius 1 is 0.881 bits per heavy atom. The minimum Gasteiger partial charge on any atom is -0.489 e. The van der Waals surface area contributed by atoms with Gasteiger partial charge in [0.2, 0.25) is 0 Å². The van der Waals surface area contributed by atoms with E-state index in [-0.39, 0.29) is 26.9 Å². The van der Waals surface area contributed by atoms with Gasteiger partial charge in [-0.05, 0) is 72.7 Å². The Balaban J connectivity index is 1.33. The lowest BCUT2D eigenvalue weighted by Gasteiger charge is -2.26. The van der Waals surface area contributed by atoms with Crippen LogP contribution in [0.4, 0.5) is 10.5 Å². The van der Waals surface area contributed by atoms with Crippen LogP contribution in [0.5, 0.6) is 11.5 Å². The van der Waals surface area contributed by atoms with Crippen LogP contribution >= 0.6 is 11.6 Å². The average molecular weight is 603 g/mol. The highest BCUT2D eigenvalue weighted by atomic mass is 35.5. The van der Waals surface area contributed by atoms with Crippen LogP contribution in [0, 0.1) is 6.92 Å². The summed E-state index contributed by atoms with van der Waals surface area (Å²) in [5.74, 6) is -1.34. The quantitative estimate of drug-likeness (QED) is 0.157. The summed E-state index contributed by atoms with van der Waals surface area (Å²) in [6, 6.07) is 25.2. The molecule has 1 saturated heterocycles. The molecule has 0 unspecified atom stereocenters. The highest BCUT2D eigenvalue weighted by Crippen LogP contribution is 2.30. The lowest BCUT2D eigenvalue weighted by atomic mass is 10.1. The maximum absolute atomic E-state index is 13.3. The monoisotopic (exact) mass is 602 g/mol. The van der Waals surface area contributed by atoms with Gasteiger partial charge in [0.15, 0.2) is 5.75 Å². The molecule has 1 fully saturated rings. The summed E-state index contributed by atoms with van der Waals surface area (Å²) in [7, 11) is -4.15. The van der Waals surface area contributed by atoms with E-state index in [0.29, 0.717) is 17.9 Å². The number of anilines is 1. The molecule has 0 aromatic heterocycles. The van der Waals surface area contributed by atoms with Crippen LogP contribution in [-0.2, 0) is 26.3 Å². The maximum atomic E-state index is 13.3. The predicted octanol–water partition coefficient (Wildman–Crippen LogP) is 5.66. The fourth-order valence-electron chi connectivity index (χ4n) is 4.04. The number of aryl methyl sites for hydroxylation is 1. The summed E-state index contributed by atoms with van der Waals surface area (Å²) in [5.41, 5.74) is 2.07. The van der Waals surface area contributed by atoms with Gasteiger partial charge >= 0.3 is 16.1 Å². The van der Waals surface area contributed by atoms with Crippen molar-refractivity contribution in [2.75, 3.05) is 4.90 Å². The highest BCUT2D eigenvalue weighted by Gasteiger charge is 2.36. The van der Waals surface area contributed by atoms with Crippen LogP contribution < -0.4 is 19.1 Å². The van der Waals surface area contributed by atoms with Crippen LogP contribution in [0.2, 0.25) is 5.02 Å². The van der Waals surface area contributed by atoms with Gasteiger partial charge in [-0.3, -0.25) is 14.9 Å². The molecule has 4 amide bonds. The Hall–Kier alpha value is -4.93. The summed E-state index contributed by atoms with van der Waals surface area (Å²) in [5, 5.41) is 2.09. The van der Waals surface area contributed by atoms with Crippen LogP contribution in [0.25, 0.3) is 6.08 Å². The molecule has 4 aromatic carbocycles. The SMILES string of the molecule is Cc1ccc(S(=O)(=O)Oc2ccc(/C=C3\C(=O)NC(=O)N(c4ccc(OCc5ccccc5)cc4)C3=O)cc2Cl)cc1. The Bertz CT molecular complexity index is 1800. The van der Waals surface area contributed by atoms with Gasteiger partial charge in [-0.15, -0.1) is 0 Å². The molecule has 0 radical (unpaired) electrons. The first kappa shape index (κ1) is 28.6. The number of nitrogens with zero attached hydrogens (tertiary/aromatic N) is 1. The molecular formula is C31H23ClN2O7S. The first-order chi connectivity index (χ1) is 20.1. The number of benzene rings is 4. The van der Waals surface area contributed by atoms with Gasteiger partial charge < -0.3 is 8.92 Å². The van der Waals surface area contributed by atoms with Gasteiger partial charge in [-0.2, -0.15) is 8.42 Å². The minimum atomic E-state index is -4.15. The van der Waals surface area contributed by atoms with E-state index in [2.05, 4.69) is 5.32 Å². The summed E-state index contributed by atoms with van der Waals surface area (Å²) in [6.45, 7) is 2.17. The van der Waals surface area contributed by atoms with E-state index in [1.54, 1.807) is 24.3 Å². The van der Waals surface area contributed by atoms with E-state index < -0.39 is 28.0 Å². The Kier molecular flexibility index (Phi) is 8.10. The van der Waals surface area contributed by atoms with Crippen molar-refractivity contribution in [2.45, 2.75) is 18.4 Å². The third kappa shape index (κ3) is 6.35. The fraction of sp³-hybridized carbons (Fsp3) is 0.0645. The minimum absolute atomic E-state index is 0.0413. The van der Waals surface area contributed by atoms with Crippen LogP contribution in [-0.4, -0.2) is 26.3 Å². The van der Waals surface area contributed by atoms with Gasteiger partial charge in [0.25, 0.3) is 11.8 Å². The van der Waals surface area contributed by atoms with Crippen molar-refractivity contribution in [1.82, 2.24) is 5.32 Å². The van der Waals surface area contributed by atoms with Gasteiger partial charge in [-0.1, -0.05) is 65.7 Å². The van der Waals surface area contributed by atoms with Crippen LogP contribution in [0.1, 0.15) is 16.7 Å². The lowest BCUT2D eigenvalue weighted by Crippen LogP contribution is -2.54. The smallest absolute Gasteiger partial charge is 0.339 e. The first-order valence-corrected chi connectivity index (χ1v) is 14.4. The Morgan fingerprint density at radius 3 is 2.24 bits per heavy atom. The fourth-order valence-corrected chi connectivity index (χ4v) is 5.26. The van der Waals surface area contributed by atoms with E-state index in [9.17, 15) is 22.8 Å². The molecule has 0 atom stereocenters. The first-order valence-electron chi connectivity index (χ1n) is 12.6. The van der Waals surface area contributed by atoms with Gasteiger partial charge in [-0.25, -0.2) is 9.69 Å². The molecule has 9 nitrogen and oxygen atoms in total. The second kappa shape index (κ2) is 11.9. The Morgan fingerprint density at radius 2 is 1.57 bits per heavy atom. The number of nitrogens with one attached hydrogen (secondary N) is 1. The molecule has 4 aromatic rings. The number of barbiturate groups is 1. The standard InChI is InChI=1S/C31H23ClN2O7S/c1-20-7-14-25(15-8-20)42(38,39)41-28-16-9-22(18-27(28)32)17-26-29(35)33-31(37)34(30(26)36)23-10-12-24(13-11-23)40-19-21-5-3-2-4-6-21/h2-18H,19H2,1H3,(H,33,35,37)/b26-17+. The molecule has 0 saturated carbocycles. The third-order valence-corrected chi connectivity index (χ3v) is 7.76. The largest absolute Gasteiger partial charge is 0.489 e. The zero-order valence-corrected chi connectivity index (χ0v) is 23.7.